The lowest BCUT2D eigenvalue weighted by Crippen LogP contribution is -2.25. The Kier molecular flexibility index (Phi) is 6.09. The van der Waals surface area contributed by atoms with Gasteiger partial charge in [-0.2, -0.15) is 0 Å². The Morgan fingerprint density at radius 2 is 1.69 bits per heavy atom. The van der Waals surface area contributed by atoms with Gasteiger partial charge in [0.25, 0.3) is 0 Å². The maximum atomic E-state index is 10.1. The van der Waals surface area contributed by atoms with Gasteiger partial charge in [0.05, 0.1) is 31.4 Å². The zero-order chi connectivity index (χ0) is 19.7. The van der Waals surface area contributed by atoms with Crippen LogP contribution in [0, 0.1) is 0 Å². The van der Waals surface area contributed by atoms with Gasteiger partial charge in [0.1, 0.15) is 5.75 Å². The van der Waals surface area contributed by atoms with Crippen LogP contribution in [0.25, 0.3) is 10.9 Å². The molecule has 1 atom stereocenters. The minimum atomic E-state index is -0.798. The number of nitrogens with zero attached hydrogens (tertiary/aromatic N) is 1. The van der Waals surface area contributed by atoms with E-state index in [1.165, 1.54) is 5.56 Å². The molecule has 4 heteroatoms. The average Bonchev–Trinajstić information content (AvgIpc) is 2.90. The molecule has 1 heterocycles. The van der Waals surface area contributed by atoms with E-state index in [-0.39, 0.29) is 17.4 Å². The molecular weight excluding hydrogens is 326 g/mol. The summed E-state index contributed by atoms with van der Waals surface area (Å²) in [5.41, 5.74) is 3.30. The highest BCUT2D eigenvalue weighted by atomic mass is 16.5. The van der Waals surface area contributed by atoms with Crippen LogP contribution in [0.5, 0.6) is 5.75 Å². The third-order valence-electron chi connectivity index (χ3n) is 4.66. The number of benzene rings is 1. The molecule has 0 saturated carbocycles. The minimum absolute atomic E-state index is 0.0210. The number of hydrogen-bond acceptors (Lipinski definition) is 3. The van der Waals surface area contributed by atoms with Crippen molar-refractivity contribution in [3.05, 3.63) is 29.5 Å². The Hall–Kier alpha value is -1.52. The van der Waals surface area contributed by atoms with Gasteiger partial charge in [-0.1, -0.05) is 48.5 Å². The molecule has 0 aliphatic carbocycles. The highest BCUT2D eigenvalue weighted by molar-refractivity contribution is 5.88. The molecule has 0 radical (unpaired) electrons. The van der Waals surface area contributed by atoms with E-state index in [9.17, 15) is 10.2 Å². The Morgan fingerprint density at radius 1 is 1.04 bits per heavy atom. The van der Waals surface area contributed by atoms with Crippen molar-refractivity contribution in [2.75, 3.05) is 13.2 Å². The highest BCUT2D eigenvalue weighted by Gasteiger charge is 2.26. The first-order valence-electron chi connectivity index (χ1n) is 9.59. The fourth-order valence-corrected chi connectivity index (χ4v) is 3.21. The summed E-state index contributed by atoms with van der Waals surface area (Å²) >= 11 is 0. The molecule has 4 nitrogen and oxygen atoms in total. The van der Waals surface area contributed by atoms with Crippen molar-refractivity contribution in [2.45, 2.75) is 78.4 Å². The van der Waals surface area contributed by atoms with Gasteiger partial charge in [-0.15, -0.1) is 0 Å². The number of ether oxygens (including phenoxy) is 1. The molecule has 0 saturated heterocycles. The van der Waals surface area contributed by atoms with E-state index in [0.29, 0.717) is 13.2 Å². The van der Waals surface area contributed by atoms with Crippen molar-refractivity contribution in [1.29, 1.82) is 0 Å². The number of aliphatic hydroxyl groups excluding tert-OH is 2. The molecule has 2 rings (SSSR count). The monoisotopic (exact) mass is 361 g/mol. The van der Waals surface area contributed by atoms with Gasteiger partial charge in [0.15, 0.2) is 0 Å². The van der Waals surface area contributed by atoms with Crippen molar-refractivity contribution in [3.8, 4) is 5.75 Å². The van der Waals surface area contributed by atoms with Crippen molar-refractivity contribution < 1.29 is 14.9 Å². The summed E-state index contributed by atoms with van der Waals surface area (Å²) in [5, 5.41) is 20.6. The third kappa shape index (κ3) is 4.41. The first kappa shape index (κ1) is 20.8. The van der Waals surface area contributed by atoms with Gasteiger partial charge in [0.2, 0.25) is 0 Å². The maximum absolute atomic E-state index is 10.1. The quantitative estimate of drug-likeness (QED) is 0.803. The molecule has 1 aromatic heterocycles. The van der Waals surface area contributed by atoms with E-state index in [2.05, 4.69) is 71.2 Å². The number of fused-ring (bicyclic) bond motifs is 1. The number of hydrogen-bond donors (Lipinski definition) is 2. The topological polar surface area (TPSA) is 54.6 Å². The summed E-state index contributed by atoms with van der Waals surface area (Å²) in [4.78, 5) is 0. The molecule has 146 valence electrons. The van der Waals surface area contributed by atoms with Crippen LogP contribution in [0.1, 0.15) is 66.1 Å². The van der Waals surface area contributed by atoms with Crippen molar-refractivity contribution in [3.63, 3.8) is 0 Å². The van der Waals surface area contributed by atoms with E-state index in [0.717, 1.165) is 28.8 Å². The smallest absolute Gasteiger partial charge is 0.143 e. The predicted octanol–water partition coefficient (Wildman–Crippen LogP) is 4.38. The normalized spacial score (nSPS) is 14.0. The second-order valence-electron chi connectivity index (χ2n) is 9.24. The summed E-state index contributed by atoms with van der Waals surface area (Å²) in [7, 11) is 0. The number of rotatable bonds is 6. The summed E-state index contributed by atoms with van der Waals surface area (Å²) in [6.07, 6.45) is 0.140. The second-order valence-corrected chi connectivity index (χ2v) is 9.24. The van der Waals surface area contributed by atoms with Gasteiger partial charge in [-0.25, -0.2) is 0 Å². The summed E-state index contributed by atoms with van der Waals surface area (Å²) in [6.45, 7) is 16.0. The van der Waals surface area contributed by atoms with Crippen LogP contribution in [-0.4, -0.2) is 34.1 Å². The van der Waals surface area contributed by atoms with E-state index in [1.54, 1.807) is 0 Å². The fraction of sp³-hybridized carbons (Fsp3) is 0.636. The SMILES string of the molecule is CCCOc1cc(C(C)(C)C)cc2cc(C(C)(C)C)n(CC(O)CO)c12. The lowest BCUT2D eigenvalue weighted by Gasteiger charge is -2.24. The van der Waals surface area contributed by atoms with Crippen LogP contribution in [-0.2, 0) is 17.4 Å². The van der Waals surface area contributed by atoms with Gasteiger partial charge in [-0.05, 0) is 35.6 Å². The first-order chi connectivity index (χ1) is 12.0. The fourth-order valence-electron chi connectivity index (χ4n) is 3.21. The molecule has 1 unspecified atom stereocenters. The predicted molar refractivity (Wildman–Crippen MR) is 108 cm³/mol. The second kappa shape index (κ2) is 7.61. The third-order valence-corrected chi connectivity index (χ3v) is 4.66. The molecule has 26 heavy (non-hydrogen) atoms. The summed E-state index contributed by atoms with van der Waals surface area (Å²) in [6, 6.07) is 6.56. The lowest BCUT2D eigenvalue weighted by atomic mass is 9.86. The molecule has 2 N–H and O–H groups in total. The molecule has 0 amide bonds. The van der Waals surface area contributed by atoms with E-state index in [1.807, 2.05) is 0 Å². The zero-order valence-corrected chi connectivity index (χ0v) is 17.4. The van der Waals surface area contributed by atoms with Crippen LogP contribution in [0.4, 0.5) is 0 Å². The highest BCUT2D eigenvalue weighted by Crippen LogP contribution is 2.38. The first-order valence-corrected chi connectivity index (χ1v) is 9.59. The molecule has 0 bridgehead atoms. The van der Waals surface area contributed by atoms with E-state index in [4.69, 9.17) is 4.74 Å². The van der Waals surface area contributed by atoms with Crippen LogP contribution >= 0.6 is 0 Å². The minimum Gasteiger partial charge on any atom is -0.491 e. The van der Waals surface area contributed by atoms with E-state index >= 15 is 0 Å². The summed E-state index contributed by atoms with van der Waals surface area (Å²) < 4.78 is 8.24. The number of aromatic nitrogens is 1. The zero-order valence-electron chi connectivity index (χ0n) is 17.4. The van der Waals surface area contributed by atoms with Crippen molar-refractivity contribution in [2.24, 2.45) is 0 Å². The van der Waals surface area contributed by atoms with Gasteiger partial charge >= 0.3 is 0 Å². The lowest BCUT2D eigenvalue weighted by molar-refractivity contribution is 0.0809. The standard InChI is InChI=1S/C22H35NO3/c1-8-9-26-18-12-16(21(2,3)4)10-15-11-19(22(5,6)7)23(20(15)18)13-17(25)14-24/h10-12,17,24-25H,8-9,13-14H2,1-7H3. The van der Waals surface area contributed by atoms with Gasteiger partial charge < -0.3 is 19.5 Å². The van der Waals surface area contributed by atoms with Gasteiger partial charge in [-0.3, -0.25) is 0 Å². The number of aliphatic hydroxyl groups is 2. The maximum Gasteiger partial charge on any atom is 0.143 e. The van der Waals surface area contributed by atoms with Crippen LogP contribution < -0.4 is 4.74 Å². The summed E-state index contributed by atoms with van der Waals surface area (Å²) in [5.74, 6) is 0.856. The van der Waals surface area contributed by atoms with Crippen molar-refractivity contribution >= 4 is 10.9 Å². The molecule has 1 aromatic carbocycles. The van der Waals surface area contributed by atoms with Crippen LogP contribution in [0.2, 0.25) is 0 Å². The Morgan fingerprint density at radius 3 is 2.19 bits per heavy atom. The molecule has 0 fully saturated rings. The largest absolute Gasteiger partial charge is 0.491 e. The van der Waals surface area contributed by atoms with Gasteiger partial charge in [0, 0.05) is 16.5 Å². The molecule has 0 aliphatic rings. The Bertz CT molecular complexity index is 747. The van der Waals surface area contributed by atoms with Crippen LogP contribution in [0.3, 0.4) is 0 Å². The van der Waals surface area contributed by atoms with Crippen LogP contribution in [0.15, 0.2) is 18.2 Å². The average molecular weight is 362 g/mol. The van der Waals surface area contributed by atoms with Crippen molar-refractivity contribution in [1.82, 2.24) is 4.57 Å². The Labute approximate surface area is 157 Å². The molecule has 0 spiro atoms. The molecule has 0 aliphatic heterocycles. The molecule has 2 aromatic rings. The van der Waals surface area contributed by atoms with E-state index < -0.39 is 6.10 Å². The Balaban J connectivity index is 2.78. The molecular formula is C22H35NO3.